The molecule has 0 aromatic heterocycles. The average Bonchev–Trinajstić information content (AvgIpc) is 1.86. The third-order valence-corrected chi connectivity index (χ3v) is 0.788. The molecule has 0 aromatic rings. The zero-order valence-electron chi connectivity index (χ0n) is 3.81. The Hall–Kier alpha value is 0.0499. The van der Waals surface area contributed by atoms with Crippen molar-refractivity contribution in [3.63, 3.8) is 0 Å². The summed E-state index contributed by atoms with van der Waals surface area (Å²) in [4.78, 5) is 0. The molecule has 0 unspecified atom stereocenters. The van der Waals surface area contributed by atoms with Crippen LogP contribution in [0.3, 0.4) is 0 Å². The molecule has 0 aromatic carbocycles. The van der Waals surface area contributed by atoms with Crippen molar-refractivity contribution in [2.45, 2.75) is 0 Å². The van der Waals surface area contributed by atoms with E-state index in [1.807, 2.05) is 7.74 Å². The molecule has 0 N–H and O–H groups in total. The Labute approximate surface area is 38.4 Å². The Morgan fingerprint density at radius 3 is 2.00 bits per heavy atom. The monoisotopic (exact) mass is 84.1 g/mol. The molecule has 1 aliphatic heterocycles. The van der Waals surface area contributed by atoms with Gasteiger partial charge in [-0.2, -0.15) is 0 Å². The van der Waals surface area contributed by atoms with Crippen LogP contribution in [0.15, 0.2) is 0 Å². The lowest BCUT2D eigenvalue weighted by Gasteiger charge is -1.88. The fourth-order valence-corrected chi connectivity index (χ4v) is 0.476. The van der Waals surface area contributed by atoms with Crippen LogP contribution in [0.1, 0.15) is 0 Å². The van der Waals surface area contributed by atoms with E-state index in [-0.39, 0.29) is 7.01 Å². The van der Waals surface area contributed by atoms with E-state index in [1.54, 1.807) is 0 Å². The summed E-state index contributed by atoms with van der Waals surface area (Å²) < 4.78 is 9.86. The molecule has 32 valence electrons. The topological polar surface area (TPSA) is 18.5 Å². The Bertz CT molecular complexity index is 42.8. The third-order valence-electron chi connectivity index (χ3n) is 0.788. The van der Waals surface area contributed by atoms with Gasteiger partial charge in [-0.25, -0.2) is 0 Å². The number of hydrogen-bond donors (Lipinski definition) is 0. The lowest BCUT2D eigenvalue weighted by Crippen LogP contribution is -2.12. The van der Waals surface area contributed by atoms with E-state index in [9.17, 15) is 0 Å². The SMILES string of the molecule is BB1OCCO1. The van der Waals surface area contributed by atoms with Crippen molar-refractivity contribution in [1.29, 1.82) is 0 Å². The highest BCUT2D eigenvalue weighted by molar-refractivity contribution is 6.95. The lowest BCUT2D eigenvalue weighted by atomic mass is 9.63. The van der Waals surface area contributed by atoms with E-state index in [1.165, 1.54) is 0 Å². The van der Waals surface area contributed by atoms with Crippen molar-refractivity contribution in [3.05, 3.63) is 0 Å². The van der Waals surface area contributed by atoms with Crippen LogP contribution in [0.25, 0.3) is 0 Å². The van der Waals surface area contributed by atoms with Gasteiger partial charge in [0.05, 0.1) is 13.2 Å². The van der Waals surface area contributed by atoms with Crippen molar-refractivity contribution < 1.29 is 9.31 Å². The minimum Gasteiger partial charge on any atom is -0.416 e. The molecule has 0 bridgehead atoms. The quantitative estimate of drug-likeness (QED) is 0.338. The molecule has 0 amide bonds. The molecule has 0 saturated carbocycles. The van der Waals surface area contributed by atoms with Gasteiger partial charge in [0.1, 0.15) is 0 Å². The summed E-state index contributed by atoms with van der Waals surface area (Å²) in [5, 5.41) is 0. The summed E-state index contributed by atoms with van der Waals surface area (Å²) >= 11 is 0. The van der Waals surface area contributed by atoms with Gasteiger partial charge in [0.2, 0.25) is 0 Å². The molecule has 0 atom stereocenters. The van der Waals surface area contributed by atoms with Gasteiger partial charge in [0.25, 0.3) is 0 Å². The fourth-order valence-electron chi connectivity index (χ4n) is 0.476. The second-order valence-corrected chi connectivity index (χ2v) is 1.31. The van der Waals surface area contributed by atoms with Crippen molar-refractivity contribution in [3.8, 4) is 0 Å². The third kappa shape index (κ3) is 0.758. The van der Waals surface area contributed by atoms with Crippen LogP contribution in [0, 0.1) is 0 Å². The van der Waals surface area contributed by atoms with Crippen LogP contribution >= 0.6 is 0 Å². The van der Waals surface area contributed by atoms with E-state index in [2.05, 4.69) is 0 Å². The summed E-state index contributed by atoms with van der Waals surface area (Å²) in [5.41, 5.74) is 0. The van der Waals surface area contributed by atoms with Crippen LogP contribution < -0.4 is 0 Å². The van der Waals surface area contributed by atoms with Crippen molar-refractivity contribution >= 4 is 14.7 Å². The van der Waals surface area contributed by atoms with Crippen LogP contribution in [-0.4, -0.2) is 28.0 Å². The predicted molar refractivity (Wildman–Crippen MR) is 26.2 cm³/mol. The summed E-state index contributed by atoms with van der Waals surface area (Å²) in [6, 6.07) is 0. The largest absolute Gasteiger partial charge is 0.416 e. The highest BCUT2D eigenvalue weighted by Gasteiger charge is 2.14. The van der Waals surface area contributed by atoms with Gasteiger partial charge in [0.15, 0.2) is 7.74 Å². The number of hydrogen-bond acceptors (Lipinski definition) is 2. The Morgan fingerprint density at radius 2 is 1.83 bits per heavy atom. The molecule has 1 rings (SSSR count). The highest BCUT2D eigenvalue weighted by atomic mass is 16.6. The molecular weight excluding hydrogens is 77.6 g/mol. The van der Waals surface area contributed by atoms with Crippen LogP contribution in [0.2, 0.25) is 0 Å². The first-order valence-corrected chi connectivity index (χ1v) is 2.13. The van der Waals surface area contributed by atoms with E-state index >= 15 is 0 Å². The van der Waals surface area contributed by atoms with Gasteiger partial charge >= 0.3 is 7.01 Å². The van der Waals surface area contributed by atoms with Gasteiger partial charge in [-0.1, -0.05) is 0 Å². The molecule has 0 radical (unpaired) electrons. The number of rotatable bonds is 0. The van der Waals surface area contributed by atoms with E-state index < -0.39 is 0 Å². The Kier molecular flexibility index (Phi) is 1.17. The van der Waals surface area contributed by atoms with Gasteiger partial charge in [0, 0.05) is 0 Å². The minimum absolute atomic E-state index is 0.0463. The summed E-state index contributed by atoms with van der Waals surface area (Å²) in [7, 11) is 1.94. The van der Waals surface area contributed by atoms with Gasteiger partial charge in [-0.05, 0) is 0 Å². The zero-order valence-corrected chi connectivity index (χ0v) is 3.81. The second kappa shape index (κ2) is 1.67. The molecule has 0 aliphatic carbocycles. The predicted octanol–water partition coefficient (Wildman–Crippen LogP) is -1.35. The smallest absolute Gasteiger partial charge is 0.397 e. The van der Waals surface area contributed by atoms with Gasteiger partial charge in [-0.3, -0.25) is 0 Å². The fraction of sp³-hybridized carbons (Fsp3) is 1.00. The first-order valence-electron chi connectivity index (χ1n) is 2.13. The van der Waals surface area contributed by atoms with Gasteiger partial charge < -0.3 is 9.31 Å². The van der Waals surface area contributed by atoms with Crippen molar-refractivity contribution in [2.75, 3.05) is 13.2 Å². The summed E-state index contributed by atoms with van der Waals surface area (Å²) in [6.07, 6.45) is 0. The molecule has 0 spiro atoms. The highest BCUT2D eigenvalue weighted by Crippen LogP contribution is 1.91. The second-order valence-electron chi connectivity index (χ2n) is 1.31. The molecule has 4 heteroatoms. The Morgan fingerprint density at radius 1 is 1.33 bits per heavy atom. The molecule has 1 heterocycles. The zero-order chi connectivity index (χ0) is 4.41. The summed E-state index contributed by atoms with van der Waals surface area (Å²) in [5.74, 6) is 0. The molecule has 1 fully saturated rings. The van der Waals surface area contributed by atoms with Crippen LogP contribution in [0.4, 0.5) is 0 Å². The average molecular weight is 83.7 g/mol. The molecule has 1 saturated heterocycles. The minimum atomic E-state index is 0.0463. The maximum atomic E-state index is 4.93. The molecule has 2 nitrogen and oxygen atoms in total. The molecule has 6 heavy (non-hydrogen) atoms. The first kappa shape index (κ1) is 4.22. The van der Waals surface area contributed by atoms with Gasteiger partial charge in [-0.15, -0.1) is 0 Å². The van der Waals surface area contributed by atoms with Crippen LogP contribution in [-0.2, 0) is 9.31 Å². The van der Waals surface area contributed by atoms with Crippen LogP contribution in [0.5, 0.6) is 0 Å². The lowest BCUT2D eigenvalue weighted by molar-refractivity contribution is 0.365. The van der Waals surface area contributed by atoms with E-state index in [0.717, 1.165) is 13.2 Å². The first-order chi connectivity index (χ1) is 2.89. The normalized spacial score (nSPS) is 22.3. The standard InChI is InChI=1S/C2H6B2O2/c3-4-5-1-2-6-4/h1-3H2. The molecule has 1 aliphatic rings. The maximum absolute atomic E-state index is 4.93. The van der Waals surface area contributed by atoms with Crippen molar-refractivity contribution in [1.82, 2.24) is 0 Å². The Balaban J connectivity index is 2.18. The van der Waals surface area contributed by atoms with E-state index in [4.69, 9.17) is 9.31 Å². The summed E-state index contributed by atoms with van der Waals surface area (Å²) in [6.45, 7) is 1.53. The molecular formula is C2H6B2O2. The maximum Gasteiger partial charge on any atom is 0.397 e. The van der Waals surface area contributed by atoms with Crippen molar-refractivity contribution in [2.24, 2.45) is 0 Å². The van der Waals surface area contributed by atoms with E-state index in [0.29, 0.717) is 0 Å².